The van der Waals surface area contributed by atoms with E-state index in [9.17, 15) is 9.18 Å². The van der Waals surface area contributed by atoms with Crippen LogP contribution in [0.3, 0.4) is 0 Å². The SMILES string of the molecule is O=C(NC(=S)Nc1cc(Cl)ccc1N1CCOCC1)c1cccc(F)c1. The second-order valence-corrected chi connectivity index (χ2v) is 6.52. The Balaban J connectivity index is 1.72. The van der Waals surface area contributed by atoms with E-state index in [-0.39, 0.29) is 10.7 Å². The van der Waals surface area contributed by atoms with Gasteiger partial charge >= 0.3 is 0 Å². The van der Waals surface area contributed by atoms with Crippen molar-refractivity contribution >= 4 is 46.2 Å². The number of hydrogen-bond acceptors (Lipinski definition) is 4. The number of nitrogens with one attached hydrogen (secondary N) is 2. The first kappa shape index (κ1) is 18.6. The van der Waals surface area contributed by atoms with E-state index in [1.807, 2.05) is 6.07 Å². The van der Waals surface area contributed by atoms with Crippen LogP contribution in [0.4, 0.5) is 15.8 Å². The molecule has 2 N–H and O–H groups in total. The summed E-state index contributed by atoms with van der Waals surface area (Å²) in [5.74, 6) is -0.974. The number of thiocarbonyl (C=S) groups is 1. The fourth-order valence-electron chi connectivity index (χ4n) is 2.65. The minimum absolute atomic E-state index is 0.107. The van der Waals surface area contributed by atoms with Crippen molar-refractivity contribution in [2.24, 2.45) is 0 Å². The maximum atomic E-state index is 13.3. The van der Waals surface area contributed by atoms with Gasteiger partial charge in [-0.3, -0.25) is 10.1 Å². The van der Waals surface area contributed by atoms with Gasteiger partial charge in [0, 0.05) is 23.7 Å². The summed E-state index contributed by atoms with van der Waals surface area (Å²) in [4.78, 5) is 14.3. The Morgan fingerprint density at radius 3 is 2.69 bits per heavy atom. The highest BCUT2D eigenvalue weighted by Crippen LogP contribution is 2.29. The predicted molar refractivity (Wildman–Crippen MR) is 105 cm³/mol. The van der Waals surface area contributed by atoms with Crippen molar-refractivity contribution in [2.45, 2.75) is 0 Å². The molecule has 2 aromatic rings. The van der Waals surface area contributed by atoms with E-state index in [2.05, 4.69) is 15.5 Å². The molecule has 5 nitrogen and oxygen atoms in total. The average molecular weight is 394 g/mol. The highest BCUT2D eigenvalue weighted by Gasteiger charge is 2.16. The lowest BCUT2D eigenvalue weighted by Gasteiger charge is -2.30. The van der Waals surface area contributed by atoms with Crippen LogP contribution < -0.4 is 15.5 Å². The fraction of sp³-hybridized carbons (Fsp3) is 0.222. The van der Waals surface area contributed by atoms with Gasteiger partial charge in [0.15, 0.2) is 5.11 Å². The first-order valence-electron chi connectivity index (χ1n) is 8.03. The molecule has 0 bridgehead atoms. The molecule has 8 heteroatoms. The van der Waals surface area contributed by atoms with Crippen LogP contribution in [-0.2, 0) is 4.74 Å². The van der Waals surface area contributed by atoms with Crippen molar-refractivity contribution in [1.82, 2.24) is 5.32 Å². The molecule has 0 aromatic heterocycles. The molecule has 1 aliphatic rings. The molecule has 136 valence electrons. The largest absolute Gasteiger partial charge is 0.378 e. The Hall–Kier alpha value is -2.22. The molecule has 0 spiro atoms. The minimum Gasteiger partial charge on any atom is -0.378 e. The van der Waals surface area contributed by atoms with Crippen LogP contribution >= 0.6 is 23.8 Å². The predicted octanol–water partition coefficient (Wildman–Crippen LogP) is 3.44. The summed E-state index contributed by atoms with van der Waals surface area (Å²) in [6.45, 7) is 2.78. The van der Waals surface area contributed by atoms with E-state index in [0.717, 1.165) is 24.8 Å². The smallest absolute Gasteiger partial charge is 0.257 e. The van der Waals surface area contributed by atoms with Crippen LogP contribution in [0.15, 0.2) is 42.5 Å². The Labute approximate surface area is 161 Å². The maximum absolute atomic E-state index is 13.3. The van der Waals surface area contributed by atoms with Crippen LogP contribution in [0, 0.1) is 5.82 Å². The van der Waals surface area contributed by atoms with Gasteiger partial charge < -0.3 is 15.0 Å². The molecule has 2 aromatic carbocycles. The van der Waals surface area contributed by atoms with Crippen molar-refractivity contribution in [3.63, 3.8) is 0 Å². The van der Waals surface area contributed by atoms with E-state index in [1.54, 1.807) is 12.1 Å². The molecule has 1 aliphatic heterocycles. The molecule has 0 saturated carbocycles. The zero-order chi connectivity index (χ0) is 18.5. The minimum atomic E-state index is -0.489. The molecule has 0 radical (unpaired) electrons. The Bertz CT molecular complexity index is 828. The quantitative estimate of drug-likeness (QED) is 0.782. The molecule has 3 rings (SSSR count). The molecule has 26 heavy (non-hydrogen) atoms. The summed E-state index contributed by atoms with van der Waals surface area (Å²) in [5.41, 5.74) is 1.79. The number of anilines is 2. The standard InChI is InChI=1S/C18H17ClFN3O2S/c19-13-4-5-16(23-6-8-25-9-7-23)15(11-13)21-18(26)22-17(24)12-2-1-3-14(20)10-12/h1-5,10-11H,6-9H2,(H2,21,22,24,26). The van der Waals surface area contributed by atoms with E-state index >= 15 is 0 Å². The van der Waals surface area contributed by atoms with Crippen LogP contribution in [0.25, 0.3) is 0 Å². The van der Waals surface area contributed by atoms with Crippen LogP contribution in [-0.4, -0.2) is 37.3 Å². The topological polar surface area (TPSA) is 53.6 Å². The molecule has 1 fully saturated rings. The fourth-order valence-corrected chi connectivity index (χ4v) is 3.02. The number of morpholine rings is 1. The van der Waals surface area contributed by atoms with Crippen LogP contribution in [0.5, 0.6) is 0 Å². The normalized spacial score (nSPS) is 14.0. The summed E-state index contributed by atoms with van der Waals surface area (Å²) in [6.07, 6.45) is 0. The number of halogens is 2. The lowest BCUT2D eigenvalue weighted by atomic mass is 10.2. The molecular weight excluding hydrogens is 377 g/mol. The highest BCUT2D eigenvalue weighted by molar-refractivity contribution is 7.80. The number of amides is 1. The number of ether oxygens (including phenoxy) is 1. The molecular formula is C18H17ClFN3O2S. The molecule has 0 aliphatic carbocycles. The van der Waals surface area contributed by atoms with E-state index < -0.39 is 11.7 Å². The number of benzene rings is 2. The van der Waals surface area contributed by atoms with Crippen LogP contribution in [0.2, 0.25) is 5.02 Å². The van der Waals surface area contributed by atoms with Gasteiger partial charge in [-0.15, -0.1) is 0 Å². The third-order valence-corrected chi connectivity index (χ3v) is 4.31. The van der Waals surface area contributed by atoms with Gasteiger partial charge in [0.1, 0.15) is 5.82 Å². The second kappa shape index (κ2) is 8.44. The molecule has 1 saturated heterocycles. The number of rotatable bonds is 3. The van der Waals surface area contributed by atoms with E-state index in [1.165, 1.54) is 18.2 Å². The monoisotopic (exact) mass is 393 g/mol. The third kappa shape index (κ3) is 4.69. The van der Waals surface area contributed by atoms with Crippen molar-refractivity contribution in [2.75, 3.05) is 36.5 Å². The first-order chi connectivity index (χ1) is 12.5. The van der Waals surface area contributed by atoms with Crippen molar-refractivity contribution in [3.05, 3.63) is 58.9 Å². The Kier molecular flexibility index (Phi) is 6.03. The summed E-state index contributed by atoms with van der Waals surface area (Å²) in [6, 6.07) is 10.8. The van der Waals surface area contributed by atoms with Crippen LogP contribution in [0.1, 0.15) is 10.4 Å². The van der Waals surface area contributed by atoms with Gasteiger partial charge in [-0.1, -0.05) is 17.7 Å². The summed E-state index contributed by atoms with van der Waals surface area (Å²) in [7, 11) is 0. The molecule has 1 amide bonds. The van der Waals surface area contributed by atoms with Crippen molar-refractivity contribution in [1.29, 1.82) is 0 Å². The maximum Gasteiger partial charge on any atom is 0.257 e. The first-order valence-corrected chi connectivity index (χ1v) is 8.82. The molecule has 1 heterocycles. The third-order valence-electron chi connectivity index (χ3n) is 3.87. The lowest BCUT2D eigenvalue weighted by Crippen LogP contribution is -2.38. The molecule has 0 atom stereocenters. The Morgan fingerprint density at radius 2 is 1.96 bits per heavy atom. The van der Waals surface area contributed by atoms with Gasteiger partial charge in [-0.2, -0.15) is 0 Å². The zero-order valence-corrected chi connectivity index (χ0v) is 15.4. The summed E-state index contributed by atoms with van der Waals surface area (Å²) < 4.78 is 18.6. The van der Waals surface area contributed by atoms with Crippen molar-refractivity contribution < 1.29 is 13.9 Å². The second-order valence-electron chi connectivity index (χ2n) is 5.68. The highest BCUT2D eigenvalue weighted by atomic mass is 35.5. The lowest BCUT2D eigenvalue weighted by molar-refractivity contribution is 0.0977. The number of carbonyl (C=O) groups is 1. The number of hydrogen-bond donors (Lipinski definition) is 2. The molecule has 0 unspecified atom stereocenters. The van der Waals surface area contributed by atoms with Gasteiger partial charge in [0.05, 0.1) is 24.6 Å². The Morgan fingerprint density at radius 1 is 1.19 bits per heavy atom. The van der Waals surface area contributed by atoms with Gasteiger partial charge in [0.2, 0.25) is 0 Å². The average Bonchev–Trinajstić information content (AvgIpc) is 2.62. The number of carbonyl (C=O) groups excluding carboxylic acids is 1. The van der Waals surface area contributed by atoms with Gasteiger partial charge in [0.25, 0.3) is 5.91 Å². The summed E-state index contributed by atoms with van der Waals surface area (Å²) in [5, 5.41) is 6.21. The van der Waals surface area contributed by atoms with Crippen molar-refractivity contribution in [3.8, 4) is 0 Å². The van der Waals surface area contributed by atoms with Gasteiger partial charge in [-0.05, 0) is 48.6 Å². The van der Waals surface area contributed by atoms with E-state index in [4.69, 9.17) is 28.6 Å². The number of nitrogens with zero attached hydrogens (tertiary/aromatic N) is 1. The van der Waals surface area contributed by atoms with E-state index in [0.29, 0.717) is 23.9 Å². The van der Waals surface area contributed by atoms with Gasteiger partial charge in [-0.25, -0.2) is 4.39 Å². The summed E-state index contributed by atoms with van der Waals surface area (Å²) >= 11 is 11.3. The zero-order valence-electron chi connectivity index (χ0n) is 13.8.